The molecule has 1 aromatic carbocycles. The smallest absolute Gasteiger partial charge is 0.407 e. The summed E-state index contributed by atoms with van der Waals surface area (Å²) in [7, 11) is -4.02. The van der Waals surface area contributed by atoms with Crippen LogP contribution in [0.25, 0.3) is 10.8 Å². The van der Waals surface area contributed by atoms with Crippen molar-refractivity contribution in [3.8, 4) is 0 Å². The van der Waals surface area contributed by atoms with Crippen LogP contribution in [-0.2, 0) is 19.6 Å². The lowest BCUT2D eigenvalue weighted by Crippen LogP contribution is -2.44. The van der Waals surface area contributed by atoms with Crippen LogP contribution < -0.4 is 5.32 Å². The average molecular weight is 495 g/mol. The van der Waals surface area contributed by atoms with Crippen molar-refractivity contribution in [1.82, 2.24) is 19.5 Å². The average Bonchev–Trinajstić information content (AvgIpc) is 2.94. The largest absolute Gasteiger partial charge is 0.444 e. The molecule has 0 spiro atoms. The minimum Gasteiger partial charge on any atom is -0.444 e. The third-order valence-electron chi connectivity index (χ3n) is 5.43. The Balaban J connectivity index is 1.69. The van der Waals surface area contributed by atoms with E-state index in [1.54, 1.807) is 44.7 Å². The first-order chi connectivity index (χ1) is 15.9. The Morgan fingerprint density at radius 1 is 1.24 bits per heavy atom. The van der Waals surface area contributed by atoms with E-state index in [9.17, 15) is 22.4 Å². The number of amides is 2. The number of rotatable bonds is 5. The summed E-state index contributed by atoms with van der Waals surface area (Å²) < 4.78 is 48.1. The molecule has 1 aliphatic heterocycles. The van der Waals surface area contributed by atoms with Crippen LogP contribution in [0.15, 0.2) is 35.5 Å². The van der Waals surface area contributed by atoms with Crippen LogP contribution in [0.4, 0.5) is 9.18 Å². The number of benzene rings is 1. The summed E-state index contributed by atoms with van der Waals surface area (Å²) in [5.74, 6) is -0.891. The molecule has 0 bridgehead atoms. The summed E-state index contributed by atoms with van der Waals surface area (Å²) in [5.41, 5.74) is -0.632. The molecule has 0 radical (unpaired) electrons. The van der Waals surface area contributed by atoms with Crippen LogP contribution in [0.2, 0.25) is 0 Å². The van der Waals surface area contributed by atoms with Crippen molar-refractivity contribution in [2.24, 2.45) is 0 Å². The first kappa shape index (κ1) is 25.8. The molecule has 1 aromatic heterocycles. The summed E-state index contributed by atoms with van der Waals surface area (Å²) >= 11 is 0. The quantitative estimate of drug-likeness (QED) is 0.685. The minimum atomic E-state index is -4.02. The molecule has 1 fully saturated rings. The third-order valence-corrected chi connectivity index (χ3v) is 7.48. The fourth-order valence-corrected chi connectivity index (χ4v) is 5.85. The lowest BCUT2D eigenvalue weighted by Gasteiger charge is -2.29. The van der Waals surface area contributed by atoms with Crippen LogP contribution >= 0.6 is 0 Å². The molecule has 1 aliphatic rings. The molecule has 3 rings (SSSR count). The molecule has 34 heavy (non-hydrogen) atoms. The van der Waals surface area contributed by atoms with E-state index in [0.717, 1.165) is 6.20 Å². The van der Waals surface area contributed by atoms with Gasteiger partial charge in [0.25, 0.3) is 0 Å². The number of pyridine rings is 1. The first-order valence-corrected chi connectivity index (χ1v) is 12.6. The zero-order chi connectivity index (χ0) is 25.1. The van der Waals surface area contributed by atoms with Gasteiger partial charge in [-0.25, -0.2) is 17.6 Å². The molecule has 2 aromatic rings. The van der Waals surface area contributed by atoms with Gasteiger partial charge < -0.3 is 15.0 Å². The highest BCUT2D eigenvalue weighted by Gasteiger charge is 2.34. The van der Waals surface area contributed by atoms with Gasteiger partial charge in [-0.2, -0.15) is 4.31 Å². The summed E-state index contributed by atoms with van der Waals surface area (Å²) in [6.45, 7) is 7.87. The second-order valence-corrected chi connectivity index (χ2v) is 11.2. The monoisotopic (exact) mass is 494 g/mol. The van der Waals surface area contributed by atoms with Crippen molar-refractivity contribution in [2.45, 2.75) is 57.1 Å². The molecular formula is C23H31FN4O5S. The molecule has 9 nitrogen and oxygen atoms in total. The van der Waals surface area contributed by atoms with Crippen molar-refractivity contribution in [1.29, 1.82) is 0 Å². The number of halogens is 1. The van der Waals surface area contributed by atoms with Gasteiger partial charge in [-0.15, -0.1) is 0 Å². The number of carbonyl (C=O) groups is 2. The number of hydrogen-bond acceptors (Lipinski definition) is 6. The molecular weight excluding hydrogens is 463 g/mol. The number of alkyl carbamates (subject to hydrolysis) is 1. The number of carbonyl (C=O) groups excluding carboxylic acids is 2. The topological polar surface area (TPSA) is 109 Å². The normalized spacial score (nSPS) is 17.9. The predicted molar refractivity (Wildman–Crippen MR) is 125 cm³/mol. The number of ether oxygens (including phenoxy) is 1. The lowest BCUT2D eigenvalue weighted by molar-refractivity contribution is -0.131. The second-order valence-electron chi connectivity index (χ2n) is 9.31. The molecule has 0 aliphatic carbocycles. The van der Waals surface area contributed by atoms with E-state index < -0.39 is 33.6 Å². The number of sulfonamides is 1. The Hall–Kier alpha value is -2.79. The minimum absolute atomic E-state index is 0.00935. The number of nitrogens with one attached hydrogen (secondary N) is 1. The van der Waals surface area contributed by atoms with Gasteiger partial charge in [0.05, 0.1) is 11.1 Å². The van der Waals surface area contributed by atoms with Gasteiger partial charge >= 0.3 is 6.09 Å². The molecule has 0 unspecified atom stereocenters. The highest BCUT2D eigenvalue weighted by atomic mass is 32.2. The molecule has 11 heteroatoms. The van der Waals surface area contributed by atoms with Gasteiger partial charge in [0.15, 0.2) is 5.82 Å². The maximum atomic E-state index is 14.5. The number of hydrogen-bond donors (Lipinski definition) is 1. The van der Waals surface area contributed by atoms with E-state index in [1.807, 2.05) is 0 Å². The van der Waals surface area contributed by atoms with E-state index in [1.165, 1.54) is 16.6 Å². The number of aromatic nitrogens is 1. The fraction of sp³-hybridized carbons (Fsp3) is 0.522. The van der Waals surface area contributed by atoms with E-state index in [4.69, 9.17) is 4.74 Å². The summed E-state index contributed by atoms with van der Waals surface area (Å²) in [4.78, 5) is 29.8. The lowest BCUT2D eigenvalue weighted by atomic mass is 10.2. The van der Waals surface area contributed by atoms with Gasteiger partial charge in [0.2, 0.25) is 15.9 Å². The summed E-state index contributed by atoms with van der Waals surface area (Å²) in [6, 6.07) is 4.05. The highest BCUT2D eigenvalue weighted by molar-refractivity contribution is 7.89. The van der Waals surface area contributed by atoms with Gasteiger partial charge in [0.1, 0.15) is 5.60 Å². The summed E-state index contributed by atoms with van der Waals surface area (Å²) in [5, 5.41) is 2.97. The zero-order valence-electron chi connectivity index (χ0n) is 19.9. The van der Waals surface area contributed by atoms with Crippen molar-refractivity contribution < 1.29 is 27.1 Å². The maximum Gasteiger partial charge on any atom is 0.407 e. The predicted octanol–water partition coefficient (Wildman–Crippen LogP) is 2.90. The van der Waals surface area contributed by atoms with Crippen molar-refractivity contribution in [3.63, 3.8) is 0 Å². The van der Waals surface area contributed by atoms with E-state index in [2.05, 4.69) is 10.3 Å². The maximum absolute atomic E-state index is 14.5. The van der Waals surface area contributed by atoms with Gasteiger partial charge in [-0.3, -0.25) is 9.78 Å². The first-order valence-electron chi connectivity index (χ1n) is 11.2. The molecule has 1 atom stereocenters. The molecule has 1 saturated heterocycles. The van der Waals surface area contributed by atoms with Crippen molar-refractivity contribution in [3.05, 3.63) is 36.4 Å². The van der Waals surface area contributed by atoms with Crippen LogP contribution in [0, 0.1) is 5.82 Å². The van der Waals surface area contributed by atoms with E-state index >= 15 is 0 Å². The zero-order valence-corrected chi connectivity index (χ0v) is 20.7. The molecule has 2 heterocycles. The Labute approximate surface area is 199 Å². The third kappa shape index (κ3) is 6.01. The van der Waals surface area contributed by atoms with Crippen LogP contribution in [-0.4, -0.2) is 72.4 Å². The Morgan fingerprint density at radius 3 is 2.68 bits per heavy atom. The molecule has 0 saturated carbocycles. The van der Waals surface area contributed by atoms with Gasteiger partial charge in [0, 0.05) is 55.6 Å². The van der Waals surface area contributed by atoms with Gasteiger partial charge in [-0.05, 0) is 40.2 Å². The SMILES string of the molecule is C[C@H]1CN(C(=O)CCNC(=O)OC(C)(C)C)CCCN1S(=O)(=O)c1cccc2cncc(F)c12. The Kier molecular flexibility index (Phi) is 7.77. The van der Waals surface area contributed by atoms with Gasteiger partial charge in [-0.1, -0.05) is 12.1 Å². The van der Waals surface area contributed by atoms with Crippen molar-refractivity contribution in [2.75, 3.05) is 26.2 Å². The fourth-order valence-electron chi connectivity index (χ4n) is 3.97. The highest BCUT2D eigenvalue weighted by Crippen LogP contribution is 2.29. The standard InChI is InChI=1S/C23H31FN4O5S/c1-16-15-27(20(29)9-10-26-22(30)33-23(2,3)4)11-6-12-28(16)34(31,32)19-8-5-7-17-13-25-14-18(24)21(17)19/h5,7-8,13-14,16H,6,9-12,15H2,1-4H3,(H,26,30)/t16-/m0/s1. The molecule has 186 valence electrons. The Morgan fingerprint density at radius 2 is 1.97 bits per heavy atom. The van der Waals surface area contributed by atoms with Crippen LogP contribution in [0.1, 0.15) is 40.5 Å². The second kappa shape index (κ2) is 10.2. The number of fused-ring (bicyclic) bond motifs is 1. The van der Waals surface area contributed by atoms with Crippen molar-refractivity contribution >= 4 is 32.8 Å². The molecule has 1 N–H and O–H groups in total. The summed E-state index contributed by atoms with van der Waals surface area (Å²) in [6.07, 6.45) is 2.33. The van der Waals surface area contributed by atoms with E-state index in [-0.39, 0.29) is 42.2 Å². The van der Waals surface area contributed by atoms with Crippen LogP contribution in [0.3, 0.4) is 0 Å². The Bertz CT molecular complexity index is 1160. The van der Waals surface area contributed by atoms with Crippen LogP contribution in [0.5, 0.6) is 0 Å². The van der Waals surface area contributed by atoms with E-state index in [0.29, 0.717) is 18.4 Å². The molecule has 2 amide bonds. The number of nitrogens with zero attached hydrogens (tertiary/aromatic N) is 3.